The number of nitrogens with one attached hydrogen (secondary N) is 1. The fraction of sp³-hybridized carbons (Fsp3) is 0.476. The first kappa shape index (κ1) is 19.1. The van der Waals surface area contributed by atoms with Crippen molar-refractivity contribution < 1.29 is 9.18 Å². The minimum absolute atomic E-state index is 0.116. The van der Waals surface area contributed by atoms with Crippen LogP contribution in [0.2, 0.25) is 0 Å². The van der Waals surface area contributed by atoms with E-state index in [4.69, 9.17) is 0 Å². The fourth-order valence-electron chi connectivity index (χ4n) is 3.51. The molecule has 5 heteroatoms. The molecule has 0 unspecified atom stereocenters. The van der Waals surface area contributed by atoms with E-state index in [0.29, 0.717) is 12.6 Å². The Balaban J connectivity index is 1.72. The molecule has 1 amide bonds. The van der Waals surface area contributed by atoms with Gasteiger partial charge in [0, 0.05) is 27.8 Å². The Bertz CT molecular complexity index is 741. The summed E-state index contributed by atoms with van der Waals surface area (Å²) >= 11 is 1.67. The molecule has 0 bridgehead atoms. The second-order valence-corrected chi connectivity index (χ2v) is 8.58. The topological polar surface area (TPSA) is 32.3 Å². The van der Waals surface area contributed by atoms with Gasteiger partial charge >= 0.3 is 0 Å². The Kier molecular flexibility index (Phi) is 6.09. The van der Waals surface area contributed by atoms with E-state index in [2.05, 4.69) is 38.2 Å². The molecule has 1 saturated heterocycles. The molecular weight excluding hydrogens is 347 g/mol. The van der Waals surface area contributed by atoms with Crippen molar-refractivity contribution in [3.63, 3.8) is 0 Å². The van der Waals surface area contributed by atoms with E-state index in [1.54, 1.807) is 23.5 Å². The smallest absolute Gasteiger partial charge is 0.226 e. The number of carbonyl (C=O) groups is 1. The van der Waals surface area contributed by atoms with Crippen molar-refractivity contribution in [3.05, 3.63) is 47.1 Å². The molecule has 1 aliphatic heterocycles. The van der Waals surface area contributed by atoms with Gasteiger partial charge in [-0.3, -0.25) is 4.79 Å². The zero-order valence-electron chi connectivity index (χ0n) is 15.7. The highest BCUT2D eigenvalue weighted by atomic mass is 32.1. The third-order valence-corrected chi connectivity index (χ3v) is 6.11. The van der Waals surface area contributed by atoms with Crippen molar-refractivity contribution in [2.24, 2.45) is 5.92 Å². The lowest BCUT2D eigenvalue weighted by atomic mass is 9.91. The molecule has 0 spiro atoms. The molecule has 0 aliphatic carbocycles. The number of carbonyl (C=O) groups excluding carboxylic acids is 1. The van der Waals surface area contributed by atoms with Crippen molar-refractivity contribution in [1.82, 2.24) is 10.2 Å². The second kappa shape index (κ2) is 8.31. The van der Waals surface area contributed by atoms with Gasteiger partial charge in [-0.15, -0.1) is 11.3 Å². The molecule has 26 heavy (non-hydrogen) atoms. The minimum atomic E-state index is -0.224. The van der Waals surface area contributed by atoms with Gasteiger partial charge in [-0.25, -0.2) is 4.39 Å². The van der Waals surface area contributed by atoms with Crippen molar-refractivity contribution >= 4 is 17.2 Å². The van der Waals surface area contributed by atoms with Crippen LogP contribution in [-0.4, -0.2) is 29.4 Å². The van der Waals surface area contributed by atoms with Crippen molar-refractivity contribution in [2.45, 2.75) is 52.2 Å². The fourth-order valence-corrected chi connectivity index (χ4v) is 4.52. The lowest BCUT2D eigenvalue weighted by molar-refractivity contribution is -0.139. The van der Waals surface area contributed by atoms with Crippen LogP contribution in [0.25, 0.3) is 10.4 Å². The highest BCUT2D eigenvalue weighted by molar-refractivity contribution is 7.15. The number of hydrogen-bond donors (Lipinski definition) is 1. The molecule has 0 radical (unpaired) electrons. The predicted molar refractivity (Wildman–Crippen MR) is 106 cm³/mol. The van der Waals surface area contributed by atoms with Crippen LogP contribution in [0.1, 0.15) is 38.5 Å². The quantitative estimate of drug-likeness (QED) is 0.824. The van der Waals surface area contributed by atoms with E-state index >= 15 is 0 Å². The molecule has 0 saturated carbocycles. The first-order valence-corrected chi connectivity index (χ1v) is 10.1. The van der Waals surface area contributed by atoms with Gasteiger partial charge in [0.1, 0.15) is 5.82 Å². The Hall–Kier alpha value is -1.72. The van der Waals surface area contributed by atoms with Gasteiger partial charge in [0.15, 0.2) is 0 Å². The normalized spacial score (nSPS) is 20.3. The van der Waals surface area contributed by atoms with Gasteiger partial charge in [0.2, 0.25) is 5.91 Å². The minimum Gasteiger partial charge on any atom is -0.335 e. The summed E-state index contributed by atoms with van der Waals surface area (Å²) in [4.78, 5) is 17.3. The Morgan fingerprint density at radius 1 is 1.27 bits per heavy atom. The van der Waals surface area contributed by atoms with Crippen LogP contribution in [0.4, 0.5) is 4.39 Å². The van der Waals surface area contributed by atoms with Gasteiger partial charge in [-0.1, -0.05) is 12.1 Å². The van der Waals surface area contributed by atoms with E-state index in [1.165, 1.54) is 12.1 Å². The molecular formula is C21H27FN2OS. The molecule has 2 aromatic rings. The molecule has 3 rings (SSSR count). The van der Waals surface area contributed by atoms with Crippen LogP contribution in [-0.2, 0) is 11.3 Å². The molecule has 1 N–H and O–H groups in total. The molecule has 1 fully saturated rings. The lowest BCUT2D eigenvalue weighted by Crippen LogP contribution is -2.46. The van der Waals surface area contributed by atoms with Gasteiger partial charge in [0.25, 0.3) is 0 Å². The van der Waals surface area contributed by atoms with Crippen LogP contribution in [0.5, 0.6) is 0 Å². The Morgan fingerprint density at radius 2 is 2.00 bits per heavy atom. The zero-order chi connectivity index (χ0) is 18.7. The Labute approximate surface area is 159 Å². The third kappa shape index (κ3) is 4.51. The standard InChI is InChI=1S/C21H27FN2OS/c1-14(2)24(21(25)17-10-11-23-15(3)12-17)13-19-8-9-20(26-19)16-4-6-18(22)7-5-16/h4-9,14-15,17,23H,10-13H2,1-3H3/t15-,17-/m0/s1. The van der Waals surface area contributed by atoms with Gasteiger partial charge in [-0.2, -0.15) is 0 Å². The number of halogens is 1. The summed E-state index contributed by atoms with van der Waals surface area (Å²) in [6.07, 6.45) is 1.82. The summed E-state index contributed by atoms with van der Waals surface area (Å²) in [6, 6.07) is 11.3. The molecule has 2 heterocycles. The number of amides is 1. The lowest BCUT2D eigenvalue weighted by Gasteiger charge is -2.34. The number of nitrogens with zero attached hydrogens (tertiary/aromatic N) is 1. The van der Waals surface area contributed by atoms with Gasteiger partial charge in [-0.05, 0) is 70.0 Å². The highest BCUT2D eigenvalue weighted by Crippen LogP contribution is 2.30. The first-order valence-electron chi connectivity index (χ1n) is 9.32. The third-order valence-electron chi connectivity index (χ3n) is 5.00. The van der Waals surface area contributed by atoms with Crippen LogP contribution in [0.15, 0.2) is 36.4 Å². The first-order chi connectivity index (χ1) is 12.4. The van der Waals surface area contributed by atoms with Crippen molar-refractivity contribution in [2.75, 3.05) is 6.54 Å². The molecule has 1 aromatic carbocycles. The zero-order valence-corrected chi connectivity index (χ0v) is 16.5. The average molecular weight is 375 g/mol. The summed E-state index contributed by atoms with van der Waals surface area (Å²) < 4.78 is 13.1. The number of thiophene rings is 1. The van der Waals surface area contributed by atoms with Crippen LogP contribution in [0.3, 0.4) is 0 Å². The predicted octanol–water partition coefficient (Wildman–Crippen LogP) is 4.68. The second-order valence-electron chi connectivity index (χ2n) is 7.41. The monoisotopic (exact) mass is 374 g/mol. The van der Waals surface area contributed by atoms with Crippen molar-refractivity contribution in [1.29, 1.82) is 0 Å². The summed E-state index contributed by atoms with van der Waals surface area (Å²) in [7, 11) is 0. The molecule has 3 nitrogen and oxygen atoms in total. The largest absolute Gasteiger partial charge is 0.335 e. The van der Waals surface area contributed by atoms with E-state index in [-0.39, 0.29) is 23.7 Å². The SMILES string of the molecule is CC(C)N(Cc1ccc(-c2ccc(F)cc2)s1)C(=O)[C@H]1CCN[C@@H](C)C1. The van der Waals surface area contributed by atoms with E-state index in [0.717, 1.165) is 34.7 Å². The maximum absolute atomic E-state index is 13.1. The van der Waals surface area contributed by atoms with E-state index < -0.39 is 0 Å². The number of benzene rings is 1. The molecule has 1 aromatic heterocycles. The van der Waals surface area contributed by atoms with E-state index in [9.17, 15) is 9.18 Å². The van der Waals surface area contributed by atoms with E-state index in [1.807, 2.05) is 4.90 Å². The molecule has 2 atom stereocenters. The molecule has 1 aliphatic rings. The van der Waals surface area contributed by atoms with Gasteiger partial charge < -0.3 is 10.2 Å². The van der Waals surface area contributed by atoms with Crippen LogP contribution >= 0.6 is 11.3 Å². The number of piperidine rings is 1. The summed E-state index contributed by atoms with van der Waals surface area (Å²) in [5, 5.41) is 3.41. The Morgan fingerprint density at radius 3 is 2.65 bits per heavy atom. The van der Waals surface area contributed by atoms with Crippen LogP contribution < -0.4 is 5.32 Å². The number of hydrogen-bond acceptors (Lipinski definition) is 3. The van der Waals surface area contributed by atoms with Gasteiger partial charge in [0.05, 0.1) is 6.54 Å². The highest BCUT2D eigenvalue weighted by Gasteiger charge is 2.30. The summed E-state index contributed by atoms with van der Waals surface area (Å²) in [6.45, 7) is 7.86. The maximum Gasteiger partial charge on any atom is 0.226 e. The van der Waals surface area contributed by atoms with Crippen molar-refractivity contribution in [3.8, 4) is 10.4 Å². The number of rotatable bonds is 5. The summed E-state index contributed by atoms with van der Waals surface area (Å²) in [5.74, 6) is 0.161. The average Bonchev–Trinajstić information content (AvgIpc) is 3.08. The molecule has 140 valence electrons. The van der Waals surface area contributed by atoms with Crippen LogP contribution in [0, 0.1) is 11.7 Å². The summed E-state index contributed by atoms with van der Waals surface area (Å²) in [5.41, 5.74) is 1.01. The maximum atomic E-state index is 13.1.